The molecule has 1 amide bonds. The normalized spacial score (nSPS) is 12.2. The number of carbonyl (C=O) groups excluding carboxylic acids is 1. The summed E-state index contributed by atoms with van der Waals surface area (Å²) < 4.78 is 25.2. The van der Waals surface area contributed by atoms with Gasteiger partial charge in [-0.1, -0.05) is 30.3 Å². The van der Waals surface area contributed by atoms with Crippen molar-refractivity contribution in [3.05, 3.63) is 78.3 Å². The highest BCUT2D eigenvalue weighted by Gasteiger charge is 2.16. The number of halogens is 1. The minimum atomic E-state index is -0.373. The minimum Gasteiger partial charge on any atom is -0.459 e. The van der Waals surface area contributed by atoms with Crippen LogP contribution in [-0.2, 0) is 11.2 Å². The van der Waals surface area contributed by atoms with Gasteiger partial charge < -0.3 is 14.2 Å². The molecule has 6 heteroatoms. The smallest absolute Gasteiger partial charge is 0.221 e. The van der Waals surface area contributed by atoms with Crippen LogP contribution >= 0.6 is 0 Å². The molecule has 2 aromatic heterocycles. The van der Waals surface area contributed by atoms with Gasteiger partial charge in [0.2, 0.25) is 5.91 Å². The van der Waals surface area contributed by atoms with Gasteiger partial charge in [-0.3, -0.25) is 4.79 Å². The molecule has 0 aliphatic heterocycles. The Bertz CT molecular complexity index is 1080. The van der Waals surface area contributed by atoms with E-state index in [9.17, 15) is 9.18 Å². The summed E-state index contributed by atoms with van der Waals surface area (Å²) in [6.45, 7) is 1.87. The first-order chi connectivity index (χ1) is 13.6. The molecule has 0 aliphatic carbocycles. The van der Waals surface area contributed by atoms with Gasteiger partial charge in [0.1, 0.15) is 17.2 Å². The maximum Gasteiger partial charge on any atom is 0.221 e. The van der Waals surface area contributed by atoms with Gasteiger partial charge in [0, 0.05) is 18.2 Å². The van der Waals surface area contributed by atoms with E-state index in [2.05, 4.69) is 10.3 Å². The van der Waals surface area contributed by atoms with Crippen LogP contribution < -0.4 is 5.32 Å². The average Bonchev–Trinajstić information content (AvgIpc) is 3.34. The van der Waals surface area contributed by atoms with E-state index in [1.807, 2.05) is 37.3 Å². The number of para-hydroxylation sites is 1. The first-order valence-corrected chi connectivity index (χ1v) is 9.07. The third kappa shape index (κ3) is 3.81. The van der Waals surface area contributed by atoms with E-state index in [1.54, 1.807) is 18.2 Å². The highest BCUT2D eigenvalue weighted by molar-refractivity contribution is 5.79. The molecule has 1 N–H and O–H groups in total. The van der Waals surface area contributed by atoms with Crippen molar-refractivity contribution in [3.63, 3.8) is 0 Å². The molecule has 0 fully saturated rings. The standard InChI is InChI=1S/C22H19FN2O3/c1-14(19-12-15-6-2-5-9-18(15)27-19)25-21(26)10-11-22-24-13-20(28-22)16-7-3-4-8-17(16)23/h2-9,12-14H,10-11H2,1H3,(H,25,26). The Morgan fingerprint density at radius 3 is 2.75 bits per heavy atom. The van der Waals surface area contributed by atoms with Crippen LogP contribution in [0.1, 0.15) is 31.0 Å². The first-order valence-electron chi connectivity index (χ1n) is 9.07. The SMILES string of the molecule is CC(NC(=O)CCc1ncc(-c2ccccc2F)o1)c1cc2ccccc2o1. The topological polar surface area (TPSA) is 68.3 Å². The molecule has 0 saturated carbocycles. The number of carbonyl (C=O) groups is 1. The molecule has 2 aromatic carbocycles. The summed E-state index contributed by atoms with van der Waals surface area (Å²) in [4.78, 5) is 16.4. The Balaban J connectivity index is 1.35. The fraction of sp³-hybridized carbons (Fsp3) is 0.182. The second kappa shape index (κ2) is 7.68. The minimum absolute atomic E-state index is 0.140. The average molecular weight is 378 g/mol. The Morgan fingerprint density at radius 2 is 1.93 bits per heavy atom. The third-order valence-electron chi connectivity index (χ3n) is 4.51. The zero-order valence-electron chi connectivity index (χ0n) is 15.3. The number of oxazole rings is 1. The molecular formula is C22H19FN2O3. The van der Waals surface area contributed by atoms with Crippen LogP contribution in [0.15, 0.2) is 69.6 Å². The van der Waals surface area contributed by atoms with Gasteiger partial charge in [-0.25, -0.2) is 9.37 Å². The summed E-state index contributed by atoms with van der Waals surface area (Å²) in [5, 5.41) is 3.91. The number of hydrogen-bond donors (Lipinski definition) is 1. The number of benzene rings is 2. The number of aromatic nitrogens is 1. The van der Waals surface area contributed by atoms with Crippen molar-refractivity contribution in [1.29, 1.82) is 0 Å². The van der Waals surface area contributed by atoms with Crippen LogP contribution in [0.2, 0.25) is 0 Å². The summed E-state index contributed by atoms with van der Waals surface area (Å²) in [6.07, 6.45) is 2.01. The largest absolute Gasteiger partial charge is 0.459 e. The number of nitrogens with zero attached hydrogens (tertiary/aromatic N) is 1. The maximum atomic E-state index is 13.8. The fourth-order valence-corrected chi connectivity index (χ4v) is 3.03. The van der Waals surface area contributed by atoms with Crippen LogP contribution in [-0.4, -0.2) is 10.9 Å². The van der Waals surface area contributed by atoms with Crippen molar-refractivity contribution < 1.29 is 18.0 Å². The van der Waals surface area contributed by atoms with Crippen molar-refractivity contribution in [2.24, 2.45) is 0 Å². The Kier molecular flexibility index (Phi) is 4.93. The summed E-state index contributed by atoms with van der Waals surface area (Å²) in [7, 11) is 0. The van der Waals surface area contributed by atoms with Gasteiger partial charge in [-0.2, -0.15) is 0 Å². The molecule has 0 bridgehead atoms. The van der Waals surface area contributed by atoms with Crippen molar-refractivity contribution >= 4 is 16.9 Å². The molecule has 0 aliphatic rings. The zero-order chi connectivity index (χ0) is 19.5. The lowest BCUT2D eigenvalue weighted by Gasteiger charge is -2.10. The predicted octanol–water partition coefficient (Wildman–Crippen LogP) is 5.04. The van der Waals surface area contributed by atoms with Crippen LogP contribution in [0.3, 0.4) is 0 Å². The van der Waals surface area contributed by atoms with Crippen molar-refractivity contribution in [1.82, 2.24) is 10.3 Å². The number of rotatable bonds is 6. The number of amides is 1. The zero-order valence-corrected chi connectivity index (χ0v) is 15.3. The van der Waals surface area contributed by atoms with Crippen molar-refractivity contribution in [2.75, 3.05) is 0 Å². The number of furan rings is 1. The molecule has 0 spiro atoms. The summed E-state index contributed by atoms with van der Waals surface area (Å²) in [6, 6.07) is 15.7. The van der Waals surface area contributed by atoms with E-state index < -0.39 is 0 Å². The molecule has 4 aromatic rings. The quantitative estimate of drug-likeness (QED) is 0.510. The molecule has 28 heavy (non-hydrogen) atoms. The second-order valence-corrected chi connectivity index (χ2v) is 6.57. The lowest BCUT2D eigenvalue weighted by atomic mass is 10.2. The lowest BCUT2D eigenvalue weighted by Crippen LogP contribution is -2.26. The monoisotopic (exact) mass is 378 g/mol. The number of aryl methyl sites for hydroxylation is 1. The molecule has 1 unspecified atom stereocenters. The van der Waals surface area contributed by atoms with Crippen LogP contribution in [0.4, 0.5) is 4.39 Å². The van der Waals surface area contributed by atoms with Crippen molar-refractivity contribution in [3.8, 4) is 11.3 Å². The molecule has 2 heterocycles. The maximum absolute atomic E-state index is 13.8. The molecule has 5 nitrogen and oxygen atoms in total. The van der Waals surface area contributed by atoms with Gasteiger partial charge in [-0.05, 0) is 31.2 Å². The van der Waals surface area contributed by atoms with Gasteiger partial charge >= 0.3 is 0 Å². The van der Waals surface area contributed by atoms with Gasteiger partial charge in [0.25, 0.3) is 0 Å². The third-order valence-corrected chi connectivity index (χ3v) is 4.51. The molecule has 0 radical (unpaired) electrons. The molecule has 142 valence electrons. The highest BCUT2D eigenvalue weighted by Crippen LogP contribution is 2.25. The van der Waals surface area contributed by atoms with Crippen LogP contribution in [0.5, 0.6) is 0 Å². The number of fused-ring (bicyclic) bond motifs is 1. The van der Waals surface area contributed by atoms with E-state index in [4.69, 9.17) is 8.83 Å². The Labute approximate surface area is 161 Å². The lowest BCUT2D eigenvalue weighted by molar-refractivity contribution is -0.121. The predicted molar refractivity (Wildman–Crippen MR) is 103 cm³/mol. The molecule has 1 atom stereocenters. The van der Waals surface area contributed by atoms with Gasteiger partial charge in [0.05, 0.1) is 17.8 Å². The number of hydrogen-bond acceptors (Lipinski definition) is 4. The first kappa shape index (κ1) is 18.0. The van der Waals surface area contributed by atoms with Gasteiger partial charge in [-0.15, -0.1) is 0 Å². The van der Waals surface area contributed by atoms with E-state index in [-0.39, 0.29) is 24.2 Å². The number of nitrogens with one attached hydrogen (secondary N) is 1. The fourth-order valence-electron chi connectivity index (χ4n) is 3.03. The summed E-state index contributed by atoms with van der Waals surface area (Å²) in [5.74, 6) is 0.933. The van der Waals surface area contributed by atoms with Crippen molar-refractivity contribution in [2.45, 2.75) is 25.8 Å². The van der Waals surface area contributed by atoms with E-state index >= 15 is 0 Å². The van der Waals surface area contributed by atoms with Crippen LogP contribution in [0, 0.1) is 5.82 Å². The summed E-state index contributed by atoms with van der Waals surface area (Å²) in [5.41, 5.74) is 1.14. The summed E-state index contributed by atoms with van der Waals surface area (Å²) >= 11 is 0. The Hall–Kier alpha value is -3.41. The van der Waals surface area contributed by atoms with E-state index in [0.29, 0.717) is 29.4 Å². The van der Waals surface area contributed by atoms with Gasteiger partial charge in [0.15, 0.2) is 11.7 Å². The highest BCUT2D eigenvalue weighted by atomic mass is 19.1. The molecule has 0 saturated heterocycles. The van der Waals surface area contributed by atoms with Crippen LogP contribution in [0.25, 0.3) is 22.3 Å². The second-order valence-electron chi connectivity index (χ2n) is 6.57. The Morgan fingerprint density at radius 1 is 1.14 bits per heavy atom. The molecular weight excluding hydrogens is 359 g/mol. The molecule has 4 rings (SSSR count). The van der Waals surface area contributed by atoms with E-state index in [1.165, 1.54) is 12.3 Å². The van der Waals surface area contributed by atoms with E-state index in [0.717, 1.165) is 11.0 Å².